The van der Waals surface area contributed by atoms with Crippen LogP contribution in [0.3, 0.4) is 0 Å². The lowest BCUT2D eigenvalue weighted by molar-refractivity contribution is -0.193. The number of esters is 2. The number of halogens is 8. The van der Waals surface area contributed by atoms with Crippen molar-refractivity contribution >= 4 is 137 Å². The molecule has 31 nitrogen and oxygen atoms in total. The molecule has 0 aliphatic carbocycles. The van der Waals surface area contributed by atoms with Crippen molar-refractivity contribution in [3.63, 3.8) is 0 Å². The van der Waals surface area contributed by atoms with Crippen LogP contribution in [-0.4, -0.2) is 225 Å². The summed E-state index contributed by atoms with van der Waals surface area (Å²) in [6, 6.07) is 40.0. The van der Waals surface area contributed by atoms with Crippen LogP contribution in [0.1, 0.15) is 129 Å². The van der Waals surface area contributed by atoms with Crippen molar-refractivity contribution < 1.29 is 112 Å². The van der Waals surface area contributed by atoms with Gasteiger partial charge in [-0.25, -0.2) is 29.5 Å². The molecule has 0 saturated carbocycles. The summed E-state index contributed by atoms with van der Waals surface area (Å²) in [4.78, 5) is 153. The van der Waals surface area contributed by atoms with Gasteiger partial charge in [0.25, 0.3) is 0 Å². The second-order valence-corrected chi connectivity index (χ2v) is 49.5. The first-order valence-corrected chi connectivity index (χ1v) is 54.4. The van der Waals surface area contributed by atoms with Crippen LogP contribution in [0.15, 0.2) is 151 Å². The zero-order chi connectivity index (χ0) is 103. The maximum atomic E-state index is 13.4. The predicted octanol–water partition coefficient (Wildman–Crippen LogP) is 17.9. The van der Waals surface area contributed by atoms with Crippen LogP contribution in [-0.2, 0) is 128 Å². The molecule has 4 aromatic carbocycles. The number of imidazole rings is 2. The van der Waals surface area contributed by atoms with Crippen LogP contribution >= 0.6 is 38.5 Å². The Kier molecular flexibility index (Phi) is 48.8. The van der Waals surface area contributed by atoms with Gasteiger partial charge < -0.3 is 67.4 Å². The number of carbonyl (C=O) groups is 8. The zero-order valence-corrected chi connectivity index (χ0v) is 86.9. The molecule has 8 aromatic rings. The Morgan fingerprint density at radius 3 is 1.25 bits per heavy atom. The fraction of sp³-hybridized carbons (Fsp3) is 0.485. The van der Waals surface area contributed by atoms with Crippen LogP contribution in [0, 0.1) is 3.57 Å². The molecule has 138 heavy (non-hydrogen) atoms. The summed E-state index contributed by atoms with van der Waals surface area (Å²) in [5.74, 6) is 0.454. The quantitative estimate of drug-likeness (QED) is 0.0100. The molecule has 41 heteroatoms. The summed E-state index contributed by atoms with van der Waals surface area (Å²) in [6.45, 7) is 38.8. The molecule has 0 radical (unpaired) electrons. The first-order chi connectivity index (χ1) is 64.9. The molecule has 12 rings (SSSR count). The van der Waals surface area contributed by atoms with E-state index in [4.69, 9.17) is 47.6 Å². The third-order valence-electron chi connectivity index (χ3n) is 20.0. The van der Waals surface area contributed by atoms with Gasteiger partial charge in [0.15, 0.2) is 17.2 Å². The van der Waals surface area contributed by atoms with Crippen molar-refractivity contribution in [1.29, 1.82) is 0 Å². The van der Waals surface area contributed by atoms with Crippen molar-refractivity contribution in [2.75, 3.05) is 118 Å². The van der Waals surface area contributed by atoms with Gasteiger partial charge >= 0.3 is 48.8 Å². The number of aryl methyl sites for hydroxylation is 2. The number of piperidine rings is 1. The monoisotopic (exact) mass is 2140 g/mol. The van der Waals surface area contributed by atoms with E-state index < -0.39 is 57.2 Å². The molecule has 4 aromatic heterocycles. The molecular weight excluding hydrogens is 2010 g/mol. The van der Waals surface area contributed by atoms with Crippen LogP contribution < -0.4 is 24.9 Å². The molecular formula is C97H127BrF6IN13O18Si2. The number of hydrogen-bond acceptors (Lipinski definition) is 24. The third-order valence-corrected chi connectivity index (χ3v) is 24.6. The number of rotatable bonds is 26. The lowest BCUT2D eigenvalue weighted by Crippen LogP contribution is -2.53. The Hall–Kier alpha value is -11.2. The number of piperazine rings is 3. The van der Waals surface area contributed by atoms with Crippen molar-refractivity contribution in [3.8, 4) is 22.8 Å². The van der Waals surface area contributed by atoms with Gasteiger partial charge in [-0.05, 0) is 220 Å². The average Bonchev–Trinajstić information content (AvgIpc) is 1.07. The summed E-state index contributed by atoms with van der Waals surface area (Å²) in [5.41, 5.74) is 5.00. The Labute approximate surface area is 826 Å². The van der Waals surface area contributed by atoms with Gasteiger partial charge in [0, 0.05) is 138 Å². The van der Waals surface area contributed by atoms with Gasteiger partial charge in [-0.1, -0.05) is 115 Å². The number of benzene rings is 4. The zero-order valence-electron chi connectivity index (χ0n) is 81.2. The smallest absolute Gasteiger partial charge is 0.434 e. The number of carbonyl (C=O) groups excluding carboxylic acids is 12. The molecule has 0 bridgehead atoms. The molecule has 4 aliphatic rings. The van der Waals surface area contributed by atoms with Gasteiger partial charge in [-0.15, -0.1) is 0 Å². The van der Waals surface area contributed by atoms with E-state index in [9.17, 15) is 64.7 Å². The molecule has 5 amide bonds. The summed E-state index contributed by atoms with van der Waals surface area (Å²) < 4.78 is 115. The minimum absolute atomic E-state index is 0.0267. The first kappa shape index (κ1) is 117. The van der Waals surface area contributed by atoms with Gasteiger partial charge in [-0.3, -0.25) is 33.7 Å². The number of ether oxygens (including phenoxy) is 6. The number of nitrogens with zero attached hydrogens (tertiary/aromatic N) is 12. The van der Waals surface area contributed by atoms with E-state index in [2.05, 4.69) is 141 Å². The van der Waals surface area contributed by atoms with E-state index in [0.717, 1.165) is 97.9 Å². The molecule has 4 fully saturated rings. The first-order valence-electron chi connectivity index (χ1n) is 45.1. The van der Waals surface area contributed by atoms with Crippen LogP contribution in [0.5, 0.6) is 0 Å². The summed E-state index contributed by atoms with van der Waals surface area (Å²) in [5, 5.41) is 3.07. The SMILES string of the molecule is CC(C)(C)OC(=O)N1CCCC(=O)C1.CCCc1ccc(N2CCN(C(=O)OC(C)(C)C)CC2=O)cc1.CCCc1ccc(N2CCNCC2=O)cc1.CCOC(=O)Cc1ccc(I)cc1.CCOC(=O)Cc1ccc(N2CCN(c3ccc(-c4nc(C(F)(F)F)cn4COCC[Si](C)(C)C)cn3)CC2=O)cc1.C[Si](C)(C)CCOCn1cc(C(F)(F)F)nc1-c1ccc(Br)nc1.O=C=O.O=C=O. The number of amides is 5. The second kappa shape index (κ2) is 57.4. The number of aromatic nitrogens is 6. The summed E-state index contributed by atoms with van der Waals surface area (Å²) in [6.07, 6.45) is 1.76. The van der Waals surface area contributed by atoms with Crippen LogP contribution in [0.25, 0.3) is 22.8 Å². The standard InChI is InChI=1S/C29H36F3N5O4Si.C18H26N2O3.C15H19BrF3N3OSi.C13H18N2O.C10H11IO2.C10H17NO3.2CO2/c1-5-41-27(39)16-21-6-9-23(10-7-21)37-13-12-35(19-26(37)38)25-11-8-22(17-33-25)28-34-24(29(30,31)32)18-36(28)20-40-14-15-42(2,3)4;1-5-6-14-7-9-15(10-8-14)20-12-11-19(13-16(20)21)17(22)23-18(2,3)4;1-24(2,3)7-6-23-10-22-9-12(15(17,18)19)21-14(22)11-4-5-13(16)20-8-11;1-2-3-11-4-6-12(7-5-11)15-9-8-14-10-13(15)16;1-2-13-10(12)7-8-3-5-9(11)6-4-8;1-10(2,3)14-9(13)11-6-4-5-8(12)7-11;2*2-1-3/h6-11,17-18H,5,12-16,19-20H2,1-4H3;7-10H,5-6,11-13H2,1-4H3;4-5,8-9H,6-7,10H2,1-3H3;4-7,14H,2-3,8-10H2,1H3;3-6H,2,7H2,1H3;4-7H2,1-3H3;;. The Bertz CT molecular complexity index is 5230. The van der Waals surface area contributed by atoms with E-state index in [0.29, 0.717) is 100 Å². The highest BCUT2D eigenvalue weighted by Crippen LogP contribution is 2.35. The van der Waals surface area contributed by atoms with E-state index >= 15 is 0 Å². The highest BCUT2D eigenvalue weighted by molar-refractivity contribution is 14.1. The van der Waals surface area contributed by atoms with Crippen molar-refractivity contribution in [2.45, 2.75) is 209 Å². The van der Waals surface area contributed by atoms with Crippen molar-refractivity contribution in [2.24, 2.45) is 0 Å². The molecule has 4 aliphatic heterocycles. The fourth-order valence-corrected chi connectivity index (χ4v) is 15.4. The number of pyridine rings is 2. The van der Waals surface area contributed by atoms with E-state index in [-0.39, 0.29) is 105 Å². The average molecular weight is 2140 g/mol. The third kappa shape index (κ3) is 43.5. The highest BCUT2D eigenvalue weighted by atomic mass is 127. The number of likely N-dealkylation sites (tertiary alicyclic amines) is 1. The maximum absolute atomic E-state index is 13.4. The van der Waals surface area contributed by atoms with E-state index in [1.54, 1.807) is 65.3 Å². The predicted molar refractivity (Wildman–Crippen MR) is 526 cm³/mol. The van der Waals surface area contributed by atoms with Gasteiger partial charge in [0.05, 0.1) is 45.7 Å². The Balaban J connectivity index is 0.000000304. The number of nitrogens with one attached hydrogen (secondary N) is 1. The number of hydrogen-bond donors (Lipinski definition) is 1. The fourth-order valence-electron chi connectivity index (χ4n) is 13.2. The highest BCUT2D eigenvalue weighted by Gasteiger charge is 2.38. The minimum Gasteiger partial charge on any atom is -0.466 e. The lowest BCUT2D eigenvalue weighted by Gasteiger charge is -2.35. The molecule has 752 valence electrons. The summed E-state index contributed by atoms with van der Waals surface area (Å²) in [7, 11) is -2.60. The molecule has 1 N–H and O–H groups in total. The van der Waals surface area contributed by atoms with Crippen molar-refractivity contribution in [1.82, 2.24) is 44.2 Å². The van der Waals surface area contributed by atoms with Gasteiger partial charge in [-0.2, -0.15) is 45.5 Å². The number of alkyl halides is 6. The minimum atomic E-state index is -4.59. The number of Topliss-reactive ketones (excluding diaryl/α,β-unsaturated/α-hetero) is 1. The second-order valence-electron chi connectivity index (χ2n) is 36.2. The Morgan fingerprint density at radius 2 is 0.891 bits per heavy atom. The number of ketones is 1. The van der Waals surface area contributed by atoms with Crippen molar-refractivity contribution in [3.05, 3.63) is 188 Å². The number of anilines is 4. The van der Waals surface area contributed by atoms with Gasteiger partial charge in [0.2, 0.25) is 17.7 Å². The lowest BCUT2D eigenvalue weighted by atomic mass is 10.1. The topological polar surface area (TPSA) is 353 Å². The molecule has 8 heterocycles. The molecule has 0 unspecified atom stereocenters. The van der Waals surface area contributed by atoms with Crippen LogP contribution in [0.2, 0.25) is 51.4 Å². The Morgan fingerprint density at radius 1 is 0.493 bits per heavy atom. The summed E-state index contributed by atoms with van der Waals surface area (Å²) >= 11 is 5.43. The molecule has 0 atom stereocenters. The van der Waals surface area contributed by atoms with E-state index in [1.807, 2.05) is 107 Å². The largest absolute Gasteiger partial charge is 0.466 e. The normalized spacial score (nSPS) is 14.0. The molecule has 0 spiro atoms. The van der Waals surface area contributed by atoms with Crippen LogP contribution in [0.4, 0.5) is 58.8 Å². The van der Waals surface area contributed by atoms with E-state index in [1.165, 1.54) is 46.0 Å². The van der Waals surface area contributed by atoms with Gasteiger partial charge in [0.1, 0.15) is 53.3 Å². The molecule has 4 saturated heterocycles. The maximum Gasteiger partial charge on any atom is 0.434 e.